The van der Waals surface area contributed by atoms with Crippen molar-refractivity contribution >= 4 is 28.3 Å². The molecular formula is C17H25N3O2S. The Morgan fingerprint density at radius 2 is 2.09 bits per heavy atom. The maximum Gasteiger partial charge on any atom is 0.322 e. The zero-order valence-corrected chi connectivity index (χ0v) is 14.5. The Morgan fingerprint density at radius 3 is 2.83 bits per heavy atom. The summed E-state index contributed by atoms with van der Waals surface area (Å²) in [5, 5.41) is 5.72. The van der Waals surface area contributed by atoms with Crippen LogP contribution in [-0.2, 0) is 4.79 Å². The molecule has 5 nitrogen and oxygen atoms in total. The minimum Gasteiger partial charge on any atom is -0.340 e. The van der Waals surface area contributed by atoms with Crippen LogP contribution in [-0.4, -0.2) is 47.4 Å². The largest absolute Gasteiger partial charge is 0.340 e. The van der Waals surface area contributed by atoms with Gasteiger partial charge >= 0.3 is 6.03 Å². The molecule has 3 rings (SSSR count). The lowest BCUT2D eigenvalue weighted by molar-refractivity contribution is -0.140. The van der Waals surface area contributed by atoms with Crippen molar-refractivity contribution in [3.63, 3.8) is 0 Å². The molecule has 6 heteroatoms. The highest BCUT2D eigenvalue weighted by Gasteiger charge is 2.33. The number of rotatable bonds is 2. The Hall–Kier alpha value is -1.56. The van der Waals surface area contributed by atoms with Gasteiger partial charge in [0, 0.05) is 25.7 Å². The van der Waals surface area contributed by atoms with Crippen molar-refractivity contribution in [2.75, 3.05) is 25.0 Å². The van der Waals surface area contributed by atoms with Gasteiger partial charge in [0.2, 0.25) is 5.91 Å². The van der Waals surface area contributed by atoms with E-state index in [-0.39, 0.29) is 17.9 Å². The summed E-state index contributed by atoms with van der Waals surface area (Å²) in [6, 6.07) is 4.06. The standard InChI is InChI=1S/C17H25N3O2S/c1-13-6-2-3-10-20(13)16(21)14-7-4-9-19(12-14)17(22)18-15-8-5-11-23-15/h5,8,11,13-14H,2-4,6-7,9-10,12H2,1H3,(H,18,22). The van der Waals surface area contributed by atoms with Crippen molar-refractivity contribution < 1.29 is 9.59 Å². The third kappa shape index (κ3) is 3.86. The normalized spacial score (nSPS) is 25.3. The van der Waals surface area contributed by atoms with Crippen LogP contribution < -0.4 is 5.32 Å². The SMILES string of the molecule is CC1CCCCN1C(=O)C1CCCN(C(=O)Nc2cccs2)C1. The van der Waals surface area contributed by atoms with Crippen molar-refractivity contribution in [1.29, 1.82) is 0 Å². The summed E-state index contributed by atoms with van der Waals surface area (Å²) in [5.74, 6) is 0.198. The first-order valence-corrected chi connectivity index (χ1v) is 9.43. The molecule has 2 aliphatic heterocycles. The fourth-order valence-corrected chi connectivity index (χ4v) is 4.16. The van der Waals surface area contributed by atoms with E-state index >= 15 is 0 Å². The molecule has 0 radical (unpaired) electrons. The second kappa shape index (κ2) is 7.34. The molecule has 2 saturated heterocycles. The number of piperidine rings is 2. The highest BCUT2D eigenvalue weighted by atomic mass is 32.1. The summed E-state index contributed by atoms with van der Waals surface area (Å²) >= 11 is 1.51. The molecule has 0 saturated carbocycles. The second-order valence-electron chi connectivity index (χ2n) is 6.57. The number of urea groups is 1. The molecule has 0 bridgehead atoms. The Balaban J connectivity index is 1.59. The van der Waals surface area contributed by atoms with E-state index in [0.29, 0.717) is 12.6 Å². The molecule has 2 atom stereocenters. The quantitative estimate of drug-likeness (QED) is 0.900. The molecule has 3 amide bonds. The van der Waals surface area contributed by atoms with Crippen molar-refractivity contribution in [2.24, 2.45) is 5.92 Å². The predicted octanol–water partition coefficient (Wildman–Crippen LogP) is 3.39. The van der Waals surface area contributed by atoms with E-state index in [2.05, 4.69) is 12.2 Å². The third-order valence-corrected chi connectivity index (χ3v) is 5.68. The molecule has 0 aliphatic carbocycles. The fourth-order valence-electron chi connectivity index (χ4n) is 3.56. The first kappa shape index (κ1) is 16.3. The van der Waals surface area contributed by atoms with E-state index < -0.39 is 0 Å². The Labute approximate surface area is 141 Å². The molecule has 0 spiro atoms. The van der Waals surface area contributed by atoms with Crippen LogP contribution in [0.4, 0.5) is 9.80 Å². The maximum atomic E-state index is 12.8. The summed E-state index contributed by atoms with van der Waals surface area (Å²) in [6.07, 6.45) is 5.21. The summed E-state index contributed by atoms with van der Waals surface area (Å²) in [6.45, 7) is 4.29. The van der Waals surface area contributed by atoms with E-state index in [0.717, 1.165) is 43.8 Å². The highest BCUT2D eigenvalue weighted by molar-refractivity contribution is 7.14. The van der Waals surface area contributed by atoms with Gasteiger partial charge in [-0.15, -0.1) is 11.3 Å². The molecule has 1 N–H and O–H groups in total. The second-order valence-corrected chi connectivity index (χ2v) is 7.52. The van der Waals surface area contributed by atoms with Crippen molar-refractivity contribution in [1.82, 2.24) is 9.80 Å². The van der Waals surface area contributed by atoms with Gasteiger partial charge in [0.25, 0.3) is 0 Å². The molecule has 0 aromatic carbocycles. The van der Waals surface area contributed by atoms with Gasteiger partial charge in [-0.2, -0.15) is 0 Å². The third-order valence-electron chi connectivity index (χ3n) is 4.90. The van der Waals surface area contributed by atoms with Gasteiger partial charge < -0.3 is 9.80 Å². The Kier molecular flexibility index (Phi) is 5.20. The molecule has 2 unspecified atom stereocenters. The van der Waals surface area contributed by atoms with Crippen LogP contribution in [0.5, 0.6) is 0 Å². The number of likely N-dealkylation sites (tertiary alicyclic amines) is 2. The smallest absolute Gasteiger partial charge is 0.322 e. The number of anilines is 1. The summed E-state index contributed by atoms with van der Waals surface area (Å²) in [7, 11) is 0. The number of hydrogen-bond acceptors (Lipinski definition) is 3. The van der Waals surface area contributed by atoms with Gasteiger partial charge in [0.15, 0.2) is 0 Å². The van der Waals surface area contributed by atoms with Crippen molar-refractivity contribution in [2.45, 2.75) is 45.1 Å². The summed E-state index contributed by atoms with van der Waals surface area (Å²) in [5.41, 5.74) is 0. The monoisotopic (exact) mass is 335 g/mol. The Morgan fingerprint density at radius 1 is 1.22 bits per heavy atom. The molecule has 3 heterocycles. The maximum absolute atomic E-state index is 12.8. The van der Waals surface area contributed by atoms with Crippen LogP contribution in [0.2, 0.25) is 0 Å². The van der Waals surface area contributed by atoms with Crippen molar-refractivity contribution in [3.8, 4) is 0 Å². The lowest BCUT2D eigenvalue weighted by Crippen LogP contribution is -2.51. The van der Waals surface area contributed by atoms with Crippen molar-refractivity contribution in [3.05, 3.63) is 17.5 Å². The van der Waals surface area contributed by atoms with Crippen LogP contribution in [0.25, 0.3) is 0 Å². The number of amides is 3. The zero-order chi connectivity index (χ0) is 16.2. The molecule has 23 heavy (non-hydrogen) atoms. The van der Waals surface area contributed by atoms with Gasteiger partial charge in [-0.25, -0.2) is 4.79 Å². The number of carbonyl (C=O) groups excluding carboxylic acids is 2. The molecule has 126 valence electrons. The summed E-state index contributed by atoms with van der Waals surface area (Å²) < 4.78 is 0. The van der Waals surface area contributed by atoms with Crippen LogP contribution in [0.15, 0.2) is 17.5 Å². The van der Waals surface area contributed by atoms with Gasteiger partial charge in [0.05, 0.1) is 10.9 Å². The minimum absolute atomic E-state index is 0.0432. The average Bonchev–Trinajstić information content (AvgIpc) is 3.08. The van der Waals surface area contributed by atoms with E-state index in [1.807, 2.05) is 22.4 Å². The molecule has 2 aliphatic rings. The topological polar surface area (TPSA) is 52.7 Å². The van der Waals surface area contributed by atoms with Gasteiger partial charge in [0.1, 0.15) is 0 Å². The first-order chi connectivity index (χ1) is 11.1. The zero-order valence-electron chi connectivity index (χ0n) is 13.7. The number of carbonyl (C=O) groups is 2. The lowest BCUT2D eigenvalue weighted by atomic mass is 9.94. The highest BCUT2D eigenvalue weighted by Crippen LogP contribution is 2.25. The van der Waals surface area contributed by atoms with Crippen LogP contribution in [0.1, 0.15) is 39.0 Å². The average molecular weight is 335 g/mol. The lowest BCUT2D eigenvalue weighted by Gasteiger charge is -2.39. The predicted molar refractivity (Wildman–Crippen MR) is 92.7 cm³/mol. The first-order valence-electron chi connectivity index (χ1n) is 8.55. The number of thiophene rings is 1. The Bertz CT molecular complexity index is 546. The van der Waals surface area contributed by atoms with E-state index in [1.54, 1.807) is 4.90 Å². The van der Waals surface area contributed by atoms with Gasteiger partial charge in [-0.05, 0) is 56.5 Å². The van der Waals surface area contributed by atoms with Crippen LogP contribution in [0, 0.1) is 5.92 Å². The molecule has 1 aromatic rings. The van der Waals surface area contributed by atoms with Crippen LogP contribution >= 0.6 is 11.3 Å². The number of nitrogens with one attached hydrogen (secondary N) is 1. The van der Waals surface area contributed by atoms with Gasteiger partial charge in [-0.1, -0.05) is 0 Å². The molecule has 1 aromatic heterocycles. The van der Waals surface area contributed by atoms with Gasteiger partial charge in [-0.3, -0.25) is 10.1 Å². The minimum atomic E-state index is -0.0864. The van der Waals surface area contributed by atoms with Crippen LogP contribution in [0.3, 0.4) is 0 Å². The number of hydrogen-bond donors (Lipinski definition) is 1. The molecular weight excluding hydrogens is 310 g/mol. The molecule has 2 fully saturated rings. The number of nitrogens with zero attached hydrogens (tertiary/aromatic N) is 2. The van der Waals surface area contributed by atoms with E-state index in [1.165, 1.54) is 17.8 Å². The van der Waals surface area contributed by atoms with E-state index in [9.17, 15) is 9.59 Å². The fraction of sp³-hybridized carbons (Fsp3) is 0.647. The summed E-state index contributed by atoms with van der Waals surface area (Å²) in [4.78, 5) is 29.0. The van der Waals surface area contributed by atoms with E-state index in [4.69, 9.17) is 0 Å².